The summed E-state index contributed by atoms with van der Waals surface area (Å²) in [5.74, 6) is -4.98. The molecule has 0 bridgehead atoms. The Morgan fingerprint density at radius 2 is 1.11 bits per heavy atom. The predicted molar refractivity (Wildman–Crippen MR) is 195 cm³/mol. The van der Waals surface area contributed by atoms with Crippen LogP contribution < -0.4 is 0 Å². The summed E-state index contributed by atoms with van der Waals surface area (Å²) in [5, 5.41) is 0. The van der Waals surface area contributed by atoms with E-state index >= 15 is 0 Å². The second-order valence-corrected chi connectivity index (χ2v) is 19.4. The number of hydrogen-bond acceptors (Lipinski definition) is 14. The molecule has 0 amide bonds. The summed E-state index contributed by atoms with van der Waals surface area (Å²) in [5.41, 5.74) is -0.560. The van der Waals surface area contributed by atoms with Crippen molar-refractivity contribution in [1.29, 1.82) is 0 Å². The third kappa shape index (κ3) is 9.11. The maximum Gasteiger partial charge on any atom is 0.308 e. The van der Waals surface area contributed by atoms with Crippen molar-refractivity contribution in [3.8, 4) is 0 Å². The maximum absolute atomic E-state index is 13.4. The SMILES string of the molecule is CCOC(=O)C(CCC[C@@H]1OC(C)(C)O[C@@H]1[C@H]1OC(C)(C)O[C@@H]1[C@H]1COC(C)(C)O1)CCC1CC12OC(C)(C)O[C@@H]2[C@H]1OC(C)(C)O[C@@H]1[C@H]1COC(C)(C)O1. The molecule has 0 aromatic carbocycles. The molecule has 1 aliphatic carbocycles. The molecule has 6 heterocycles. The van der Waals surface area contributed by atoms with Crippen molar-refractivity contribution < 1.29 is 66.4 Å². The van der Waals surface area contributed by atoms with Crippen LogP contribution in [0.2, 0.25) is 0 Å². The van der Waals surface area contributed by atoms with Gasteiger partial charge in [-0.05, 0) is 134 Å². The van der Waals surface area contributed by atoms with Crippen LogP contribution in [0.1, 0.15) is 129 Å². The summed E-state index contributed by atoms with van der Waals surface area (Å²) < 4.78 is 82.2. The summed E-state index contributed by atoms with van der Waals surface area (Å²) in [7, 11) is 0. The highest BCUT2D eigenvalue weighted by atomic mass is 16.8. The summed E-state index contributed by atoms with van der Waals surface area (Å²) in [6.45, 7) is 26.0. The van der Waals surface area contributed by atoms with Gasteiger partial charge in [0.2, 0.25) is 0 Å². The third-order valence-corrected chi connectivity index (χ3v) is 11.9. The standard InChI is InChI=1S/C41H68O14/c1-14-43-34(42)23(16-15-17-25-28(49-37(6,7)46-25)31-29(50-38(8,9)52-31)26-21-44-35(2,3)47-26)18-19-24-20-41(24)33(54-40(12,13)55-41)32-30(51-39(10,11)53-32)27-22-45-36(4,5)48-27/h23-33H,14-22H2,1-13H3/t23?,24?,25-,26+,27+,28-,29+,30+,31+,32-,33+,41?/m0/s1. The lowest BCUT2D eigenvalue weighted by Gasteiger charge is -2.29. The summed E-state index contributed by atoms with van der Waals surface area (Å²) in [4.78, 5) is 13.4. The molecule has 7 fully saturated rings. The van der Waals surface area contributed by atoms with E-state index in [9.17, 15) is 4.79 Å². The van der Waals surface area contributed by atoms with Crippen LogP contribution in [0, 0.1) is 11.8 Å². The molecule has 7 rings (SSSR count). The van der Waals surface area contributed by atoms with Crippen molar-refractivity contribution in [2.45, 2.75) is 224 Å². The van der Waals surface area contributed by atoms with E-state index in [0.717, 1.165) is 19.3 Å². The second kappa shape index (κ2) is 14.6. The molecule has 0 aromatic heterocycles. The molecular formula is C41H68O14. The number of carbonyl (C=O) groups excluding carboxylic acids is 1. The van der Waals surface area contributed by atoms with E-state index < -0.39 is 70.8 Å². The first kappa shape index (κ1) is 42.1. The van der Waals surface area contributed by atoms with E-state index in [1.165, 1.54) is 0 Å². The van der Waals surface area contributed by atoms with Crippen molar-refractivity contribution in [3.05, 3.63) is 0 Å². The van der Waals surface area contributed by atoms with Gasteiger partial charge in [-0.2, -0.15) is 0 Å². The molecule has 1 spiro atoms. The fourth-order valence-corrected chi connectivity index (χ4v) is 9.86. The Labute approximate surface area is 327 Å². The molecule has 6 saturated heterocycles. The van der Waals surface area contributed by atoms with Crippen LogP contribution in [0.15, 0.2) is 0 Å². The molecule has 12 atom stereocenters. The minimum atomic E-state index is -0.826. The van der Waals surface area contributed by atoms with Gasteiger partial charge < -0.3 is 61.6 Å². The Morgan fingerprint density at radius 1 is 0.582 bits per heavy atom. The van der Waals surface area contributed by atoms with Crippen LogP contribution in [0.3, 0.4) is 0 Å². The van der Waals surface area contributed by atoms with Crippen molar-refractivity contribution >= 4 is 5.97 Å². The lowest BCUT2D eigenvalue weighted by Crippen LogP contribution is -2.49. The number of carbonyl (C=O) groups is 1. The molecule has 6 aliphatic heterocycles. The second-order valence-electron chi connectivity index (χ2n) is 19.4. The van der Waals surface area contributed by atoms with Gasteiger partial charge in [0.25, 0.3) is 0 Å². The molecule has 14 nitrogen and oxygen atoms in total. The Balaban J connectivity index is 0.998. The largest absolute Gasteiger partial charge is 0.466 e. The van der Waals surface area contributed by atoms with Crippen LogP contribution in [0.5, 0.6) is 0 Å². The minimum Gasteiger partial charge on any atom is -0.466 e. The monoisotopic (exact) mass is 784 g/mol. The Morgan fingerprint density at radius 3 is 1.67 bits per heavy atom. The van der Waals surface area contributed by atoms with E-state index in [4.69, 9.17) is 61.6 Å². The zero-order chi connectivity index (χ0) is 40.0. The first-order valence-electron chi connectivity index (χ1n) is 20.7. The van der Waals surface area contributed by atoms with Crippen LogP contribution in [-0.2, 0) is 66.4 Å². The zero-order valence-corrected chi connectivity index (χ0v) is 35.4. The fourth-order valence-electron chi connectivity index (χ4n) is 9.86. The topological polar surface area (TPSA) is 137 Å². The molecule has 7 aliphatic rings. The summed E-state index contributed by atoms with van der Waals surface area (Å²) in [6, 6.07) is 0. The molecule has 316 valence electrons. The van der Waals surface area contributed by atoms with E-state index in [2.05, 4.69) is 0 Å². The summed E-state index contributed by atoms with van der Waals surface area (Å²) in [6.07, 6.45) is 0.973. The van der Waals surface area contributed by atoms with E-state index in [-0.39, 0.29) is 42.2 Å². The molecular weight excluding hydrogens is 716 g/mol. The van der Waals surface area contributed by atoms with Gasteiger partial charge in [0.05, 0.1) is 31.8 Å². The van der Waals surface area contributed by atoms with Gasteiger partial charge in [0, 0.05) is 0 Å². The van der Waals surface area contributed by atoms with E-state index in [0.29, 0.717) is 39.1 Å². The quantitative estimate of drug-likeness (QED) is 0.205. The average molecular weight is 785 g/mol. The number of esters is 1. The molecule has 0 N–H and O–H groups in total. The highest BCUT2D eigenvalue weighted by molar-refractivity contribution is 5.72. The van der Waals surface area contributed by atoms with Crippen LogP contribution in [0.25, 0.3) is 0 Å². The highest BCUT2D eigenvalue weighted by Crippen LogP contribution is 2.62. The van der Waals surface area contributed by atoms with Crippen molar-refractivity contribution in [1.82, 2.24) is 0 Å². The van der Waals surface area contributed by atoms with Crippen molar-refractivity contribution in [2.24, 2.45) is 11.8 Å². The lowest BCUT2D eigenvalue weighted by atomic mass is 9.90. The van der Waals surface area contributed by atoms with E-state index in [1.54, 1.807) is 0 Å². The predicted octanol–water partition coefficient (Wildman–Crippen LogP) is 5.89. The minimum absolute atomic E-state index is 0.171. The van der Waals surface area contributed by atoms with Gasteiger partial charge in [0.1, 0.15) is 54.4 Å². The van der Waals surface area contributed by atoms with Gasteiger partial charge in [0.15, 0.2) is 34.7 Å². The van der Waals surface area contributed by atoms with Crippen LogP contribution in [-0.4, -0.2) is 121 Å². The molecule has 0 radical (unpaired) electrons. The van der Waals surface area contributed by atoms with E-state index in [1.807, 2.05) is 90.0 Å². The third-order valence-electron chi connectivity index (χ3n) is 11.9. The molecule has 55 heavy (non-hydrogen) atoms. The van der Waals surface area contributed by atoms with Crippen LogP contribution in [0.4, 0.5) is 0 Å². The Kier molecular flexibility index (Phi) is 11.2. The Hall–Kier alpha value is -1.01. The van der Waals surface area contributed by atoms with Crippen molar-refractivity contribution in [3.63, 3.8) is 0 Å². The fraction of sp³-hybridized carbons (Fsp3) is 0.976. The molecule has 14 heteroatoms. The average Bonchev–Trinajstić information content (AvgIpc) is 3.60. The molecule has 1 saturated carbocycles. The van der Waals surface area contributed by atoms with Gasteiger partial charge in [-0.25, -0.2) is 0 Å². The van der Waals surface area contributed by atoms with Gasteiger partial charge in [-0.1, -0.05) is 0 Å². The van der Waals surface area contributed by atoms with Gasteiger partial charge >= 0.3 is 5.97 Å². The van der Waals surface area contributed by atoms with Crippen LogP contribution >= 0.6 is 0 Å². The highest BCUT2D eigenvalue weighted by Gasteiger charge is 2.72. The number of rotatable bonds is 13. The Bertz CT molecular complexity index is 1390. The molecule has 0 aromatic rings. The number of hydrogen-bond donors (Lipinski definition) is 0. The van der Waals surface area contributed by atoms with Crippen molar-refractivity contribution in [2.75, 3.05) is 19.8 Å². The zero-order valence-electron chi connectivity index (χ0n) is 35.4. The first-order chi connectivity index (χ1) is 25.4. The normalized spacial score (nSPS) is 43.7. The maximum atomic E-state index is 13.4. The van der Waals surface area contributed by atoms with Gasteiger partial charge in [-0.15, -0.1) is 0 Å². The smallest absolute Gasteiger partial charge is 0.308 e. The molecule has 3 unspecified atom stereocenters. The lowest BCUT2D eigenvalue weighted by molar-refractivity contribution is -0.178. The summed E-state index contributed by atoms with van der Waals surface area (Å²) >= 11 is 0. The number of ether oxygens (including phenoxy) is 13. The van der Waals surface area contributed by atoms with Gasteiger partial charge in [-0.3, -0.25) is 4.79 Å². The first-order valence-corrected chi connectivity index (χ1v) is 20.7.